The zero-order chi connectivity index (χ0) is 8.97. The first-order valence-corrected chi connectivity index (χ1v) is 4.80. The molecule has 1 fully saturated rings. The number of nitrogens with one attached hydrogen (secondary N) is 1. The van der Waals surface area contributed by atoms with Crippen LogP contribution in [0.4, 0.5) is 4.79 Å². The minimum Gasteiger partial charge on any atom is -0.336 e. The van der Waals surface area contributed by atoms with E-state index in [1.165, 1.54) is 12.8 Å². The van der Waals surface area contributed by atoms with E-state index in [9.17, 15) is 4.79 Å². The van der Waals surface area contributed by atoms with Crippen molar-refractivity contribution in [2.24, 2.45) is 5.92 Å². The van der Waals surface area contributed by atoms with E-state index >= 15 is 0 Å². The fraction of sp³-hybridized carbons (Fsp3) is 0.889. The largest absolute Gasteiger partial charge is 0.336 e. The number of hydrogen-bond acceptors (Lipinski definition) is 1. The van der Waals surface area contributed by atoms with Gasteiger partial charge in [0.1, 0.15) is 0 Å². The Hall–Kier alpha value is -0.730. The second-order valence-corrected chi connectivity index (χ2v) is 3.36. The molecular formula is C9H18N2O. The van der Waals surface area contributed by atoms with E-state index in [-0.39, 0.29) is 6.03 Å². The van der Waals surface area contributed by atoms with E-state index < -0.39 is 0 Å². The van der Waals surface area contributed by atoms with Gasteiger partial charge in [0, 0.05) is 19.6 Å². The lowest BCUT2D eigenvalue weighted by Crippen LogP contribution is -2.32. The van der Waals surface area contributed by atoms with Gasteiger partial charge >= 0.3 is 6.03 Å². The number of carbonyl (C=O) groups is 1. The van der Waals surface area contributed by atoms with Gasteiger partial charge in [0.25, 0.3) is 0 Å². The van der Waals surface area contributed by atoms with Crippen LogP contribution in [0.1, 0.15) is 26.7 Å². The molecule has 0 aromatic rings. The van der Waals surface area contributed by atoms with E-state index in [2.05, 4.69) is 19.2 Å². The number of rotatable bonds is 4. The van der Waals surface area contributed by atoms with E-state index in [4.69, 9.17) is 0 Å². The lowest BCUT2D eigenvalue weighted by Gasteiger charge is -2.20. The van der Waals surface area contributed by atoms with Crippen LogP contribution in [0.5, 0.6) is 0 Å². The second kappa shape index (κ2) is 4.33. The molecular weight excluding hydrogens is 152 g/mol. The number of carbonyl (C=O) groups excluding carboxylic acids is 1. The highest BCUT2D eigenvalue weighted by atomic mass is 16.2. The first-order valence-electron chi connectivity index (χ1n) is 4.80. The van der Waals surface area contributed by atoms with Gasteiger partial charge in [0.05, 0.1) is 0 Å². The fourth-order valence-electron chi connectivity index (χ4n) is 1.54. The number of hydrogen-bond donors (Lipinski definition) is 1. The van der Waals surface area contributed by atoms with Crippen molar-refractivity contribution < 1.29 is 4.79 Å². The Morgan fingerprint density at radius 2 is 2.17 bits per heavy atom. The van der Waals surface area contributed by atoms with Crippen molar-refractivity contribution in [1.82, 2.24) is 10.2 Å². The summed E-state index contributed by atoms with van der Waals surface area (Å²) in [4.78, 5) is 13.1. The highest BCUT2D eigenvalue weighted by molar-refractivity contribution is 5.76. The van der Waals surface area contributed by atoms with Gasteiger partial charge in [-0.25, -0.2) is 4.79 Å². The van der Waals surface area contributed by atoms with Crippen LogP contribution in [0, 0.1) is 5.92 Å². The van der Waals surface area contributed by atoms with E-state index in [0.717, 1.165) is 19.6 Å². The van der Waals surface area contributed by atoms with Gasteiger partial charge in [-0.3, -0.25) is 0 Å². The Morgan fingerprint density at radius 3 is 2.58 bits per heavy atom. The molecule has 3 nitrogen and oxygen atoms in total. The van der Waals surface area contributed by atoms with Gasteiger partial charge in [0.15, 0.2) is 0 Å². The maximum atomic E-state index is 11.2. The van der Waals surface area contributed by atoms with Gasteiger partial charge in [-0.15, -0.1) is 0 Å². The van der Waals surface area contributed by atoms with Gasteiger partial charge < -0.3 is 10.2 Å². The molecule has 0 spiro atoms. The van der Waals surface area contributed by atoms with Crippen LogP contribution in [0.25, 0.3) is 0 Å². The average Bonchev–Trinajstić information content (AvgIpc) is 2.47. The van der Waals surface area contributed by atoms with E-state index in [0.29, 0.717) is 5.92 Å². The lowest BCUT2D eigenvalue weighted by atomic mass is 10.0. The maximum Gasteiger partial charge on any atom is 0.317 e. The quantitative estimate of drug-likeness (QED) is 0.680. The molecule has 0 aromatic heterocycles. The predicted molar refractivity (Wildman–Crippen MR) is 49.0 cm³/mol. The summed E-state index contributed by atoms with van der Waals surface area (Å²) in [5, 5.41) is 2.81. The third-order valence-corrected chi connectivity index (χ3v) is 2.58. The maximum absolute atomic E-state index is 11.2. The first kappa shape index (κ1) is 9.36. The third kappa shape index (κ3) is 2.13. The Morgan fingerprint density at radius 1 is 1.50 bits per heavy atom. The van der Waals surface area contributed by atoms with Crippen molar-refractivity contribution in [3.63, 3.8) is 0 Å². The zero-order valence-corrected chi connectivity index (χ0v) is 7.97. The molecule has 0 aliphatic carbocycles. The minimum atomic E-state index is 0.113. The Balaban J connectivity index is 2.33. The van der Waals surface area contributed by atoms with Gasteiger partial charge in [-0.2, -0.15) is 0 Å². The molecule has 1 aliphatic rings. The lowest BCUT2D eigenvalue weighted by molar-refractivity contribution is 0.207. The Kier molecular flexibility index (Phi) is 3.38. The van der Waals surface area contributed by atoms with Crippen molar-refractivity contribution in [1.29, 1.82) is 0 Å². The normalized spacial score (nSPS) is 17.2. The van der Waals surface area contributed by atoms with Crippen molar-refractivity contribution >= 4 is 6.03 Å². The first-order chi connectivity index (χ1) is 5.77. The molecule has 0 radical (unpaired) electrons. The smallest absolute Gasteiger partial charge is 0.317 e. The third-order valence-electron chi connectivity index (χ3n) is 2.58. The summed E-state index contributed by atoms with van der Waals surface area (Å²) in [6.45, 7) is 7.00. The molecule has 0 atom stereocenters. The highest BCUT2D eigenvalue weighted by Gasteiger charge is 2.21. The molecule has 1 aliphatic heterocycles. The molecule has 12 heavy (non-hydrogen) atoms. The molecule has 1 N–H and O–H groups in total. The minimum absolute atomic E-state index is 0.113. The Labute approximate surface area is 74.1 Å². The summed E-state index contributed by atoms with van der Waals surface area (Å²) in [5.41, 5.74) is 0. The molecule has 2 amide bonds. The molecule has 1 saturated heterocycles. The highest BCUT2D eigenvalue weighted by Crippen LogP contribution is 2.11. The SMILES string of the molecule is CCC(CC)CN1CCNC1=O. The van der Waals surface area contributed by atoms with Crippen molar-refractivity contribution in [2.45, 2.75) is 26.7 Å². The van der Waals surface area contributed by atoms with Crippen LogP contribution in [-0.2, 0) is 0 Å². The molecule has 0 saturated carbocycles. The summed E-state index contributed by atoms with van der Waals surface area (Å²) < 4.78 is 0. The summed E-state index contributed by atoms with van der Waals surface area (Å²) >= 11 is 0. The van der Waals surface area contributed by atoms with E-state index in [1.807, 2.05) is 4.90 Å². The fourth-order valence-corrected chi connectivity index (χ4v) is 1.54. The Bertz CT molecular complexity index is 155. The van der Waals surface area contributed by atoms with Crippen LogP contribution in [0.2, 0.25) is 0 Å². The molecule has 1 rings (SSSR count). The van der Waals surface area contributed by atoms with Crippen LogP contribution in [0.15, 0.2) is 0 Å². The topological polar surface area (TPSA) is 32.3 Å². The molecule has 3 heteroatoms. The summed E-state index contributed by atoms with van der Waals surface area (Å²) in [7, 11) is 0. The molecule has 0 unspecified atom stereocenters. The van der Waals surface area contributed by atoms with Gasteiger partial charge in [-0.1, -0.05) is 26.7 Å². The van der Waals surface area contributed by atoms with Crippen molar-refractivity contribution in [3.8, 4) is 0 Å². The summed E-state index contributed by atoms with van der Waals surface area (Å²) in [5.74, 6) is 0.675. The van der Waals surface area contributed by atoms with E-state index in [1.54, 1.807) is 0 Å². The van der Waals surface area contributed by atoms with Crippen LogP contribution >= 0.6 is 0 Å². The molecule has 1 heterocycles. The second-order valence-electron chi connectivity index (χ2n) is 3.36. The molecule has 70 valence electrons. The summed E-state index contributed by atoms with van der Waals surface area (Å²) in [6, 6.07) is 0.113. The molecule has 0 bridgehead atoms. The van der Waals surface area contributed by atoms with Crippen molar-refractivity contribution in [3.05, 3.63) is 0 Å². The zero-order valence-electron chi connectivity index (χ0n) is 7.97. The van der Waals surface area contributed by atoms with Gasteiger partial charge in [-0.05, 0) is 5.92 Å². The molecule has 0 aromatic carbocycles. The van der Waals surface area contributed by atoms with Crippen LogP contribution in [0.3, 0.4) is 0 Å². The number of amides is 2. The van der Waals surface area contributed by atoms with Crippen molar-refractivity contribution in [2.75, 3.05) is 19.6 Å². The monoisotopic (exact) mass is 170 g/mol. The van der Waals surface area contributed by atoms with Gasteiger partial charge in [0.2, 0.25) is 0 Å². The van der Waals surface area contributed by atoms with Crippen LogP contribution < -0.4 is 5.32 Å². The summed E-state index contributed by atoms with van der Waals surface area (Å²) in [6.07, 6.45) is 2.33. The average molecular weight is 170 g/mol. The number of urea groups is 1. The standard InChI is InChI=1S/C9H18N2O/c1-3-8(4-2)7-11-6-5-10-9(11)12/h8H,3-7H2,1-2H3,(H,10,12). The number of nitrogens with zero attached hydrogens (tertiary/aromatic N) is 1. The predicted octanol–water partition coefficient (Wildman–Crippen LogP) is 1.45. The van der Waals surface area contributed by atoms with Crippen LogP contribution in [-0.4, -0.2) is 30.6 Å².